The quantitative estimate of drug-likeness (QED) is 0.101. The van der Waals surface area contributed by atoms with Crippen LogP contribution in [0.5, 0.6) is 0 Å². The molecule has 0 aliphatic heterocycles. The Balaban J connectivity index is 0.000000112. The molecule has 0 nitrogen and oxygen atoms in total. The van der Waals surface area contributed by atoms with Crippen molar-refractivity contribution in [2.24, 2.45) is 0 Å². The Hall–Kier alpha value is -17.7. The van der Waals surface area contributed by atoms with E-state index in [-0.39, 0.29) is 0 Å². The summed E-state index contributed by atoms with van der Waals surface area (Å²) >= 11 is 0. The van der Waals surface area contributed by atoms with Crippen molar-refractivity contribution in [3.8, 4) is 145 Å². The highest BCUT2D eigenvalue weighted by atomic mass is 14.3. The van der Waals surface area contributed by atoms with Crippen molar-refractivity contribution in [1.29, 1.82) is 0 Å². The topological polar surface area (TPSA) is 0 Å². The molecule has 634 valence electrons. The van der Waals surface area contributed by atoms with Crippen LogP contribution in [0.1, 0.15) is 0 Å². The van der Waals surface area contributed by atoms with E-state index in [0.717, 1.165) is 0 Å². The van der Waals surface area contributed by atoms with Crippen LogP contribution < -0.4 is 0 Å². The second-order valence-electron chi connectivity index (χ2n) is 35.3. The number of rotatable bonds is 13. The van der Waals surface area contributed by atoms with Gasteiger partial charge >= 0.3 is 0 Å². The summed E-state index contributed by atoms with van der Waals surface area (Å²) in [4.78, 5) is 0. The predicted molar refractivity (Wildman–Crippen MR) is 585 cm³/mol. The molecule has 0 bridgehead atoms. The van der Waals surface area contributed by atoms with Crippen LogP contribution in [0.15, 0.2) is 546 Å². The maximum atomic E-state index is 2.40. The number of fused-ring (bicyclic) bond motifs is 10. The van der Waals surface area contributed by atoms with E-state index in [1.54, 1.807) is 0 Å². The first kappa shape index (κ1) is 81.5. The maximum absolute atomic E-state index is 2.40. The Kier molecular flexibility index (Phi) is 21.5. The highest BCUT2D eigenvalue weighted by Crippen LogP contribution is 2.53. The summed E-state index contributed by atoms with van der Waals surface area (Å²) in [5.41, 5.74) is 32.5. The lowest BCUT2D eigenvalue weighted by atomic mass is 9.81. The summed E-state index contributed by atoms with van der Waals surface area (Å²) in [6.45, 7) is 0. The van der Waals surface area contributed by atoms with Crippen molar-refractivity contribution in [3.05, 3.63) is 546 Å². The van der Waals surface area contributed by atoms with E-state index < -0.39 is 0 Å². The van der Waals surface area contributed by atoms with E-state index in [1.165, 1.54) is 252 Å². The fourth-order valence-electron chi connectivity index (χ4n) is 21.6. The molecule has 0 aromatic heterocycles. The van der Waals surface area contributed by atoms with E-state index in [9.17, 15) is 0 Å². The molecule has 0 spiro atoms. The fraction of sp³-hybridized carbons (Fsp3) is 0. The van der Waals surface area contributed by atoms with Crippen LogP contribution in [-0.4, -0.2) is 0 Å². The zero-order valence-electron chi connectivity index (χ0n) is 75.0. The molecule has 0 heterocycles. The SMILES string of the molecule is c1ccc(-c2ccc(-c3ccc(-c4c5ccccc5c(-c5ccccc5-c5ccccc5)c5ccccc45)cc3)cc2)cc1.c1ccc(-c2ccccc2-c2c3ccccc3c(-c3cccc(-c4c5ccccc5cc5ccccc45)c3)c3ccccc23)cc1.c1ccc(-c2ccccc2-c2c3ccccc3c(-c3ccccc3-c3c4ccccc4cc4ccccc34)c3ccccc23)cc1. The Morgan fingerprint density at radius 3 is 0.493 bits per heavy atom. The number of benzene rings is 26. The van der Waals surface area contributed by atoms with Crippen molar-refractivity contribution < 1.29 is 0 Å². The molecule has 136 heavy (non-hydrogen) atoms. The first-order valence-corrected chi connectivity index (χ1v) is 47.1. The van der Waals surface area contributed by atoms with E-state index in [1.807, 2.05) is 0 Å². The van der Waals surface area contributed by atoms with Crippen LogP contribution in [-0.2, 0) is 0 Å². The molecule has 26 rings (SSSR count). The summed E-state index contributed by atoms with van der Waals surface area (Å²) < 4.78 is 0. The predicted octanol–water partition coefficient (Wildman–Crippen LogP) is 38.3. The second-order valence-corrected chi connectivity index (χ2v) is 35.3. The molecule has 0 saturated carbocycles. The molecular formula is C136H90. The normalized spacial score (nSPS) is 11.4. The third-order valence-electron chi connectivity index (χ3n) is 27.6. The molecular weight excluding hydrogens is 1630 g/mol. The van der Waals surface area contributed by atoms with Gasteiger partial charge < -0.3 is 0 Å². The molecule has 0 aliphatic carbocycles. The Morgan fingerprint density at radius 2 is 0.228 bits per heavy atom. The zero-order chi connectivity index (χ0) is 90.2. The van der Waals surface area contributed by atoms with Gasteiger partial charge in [0.25, 0.3) is 0 Å². The molecule has 26 aromatic rings. The van der Waals surface area contributed by atoms with Gasteiger partial charge in [-0.3, -0.25) is 0 Å². The van der Waals surface area contributed by atoms with Crippen molar-refractivity contribution in [2.75, 3.05) is 0 Å². The summed E-state index contributed by atoms with van der Waals surface area (Å²) in [6.07, 6.45) is 0. The van der Waals surface area contributed by atoms with Crippen LogP contribution in [0.3, 0.4) is 0 Å². The molecule has 0 heteroatoms. The van der Waals surface area contributed by atoms with Gasteiger partial charge in [-0.25, -0.2) is 0 Å². The van der Waals surface area contributed by atoms with Crippen LogP contribution in [0.2, 0.25) is 0 Å². The van der Waals surface area contributed by atoms with Gasteiger partial charge in [0.2, 0.25) is 0 Å². The third-order valence-corrected chi connectivity index (χ3v) is 27.6. The summed E-state index contributed by atoms with van der Waals surface area (Å²) in [7, 11) is 0. The highest BCUT2D eigenvalue weighted by molar-refractivity contribution is 6.28. The largest absolute Gasteiger partial charge is 0.0622 e. The van der Waals surface area contributed by atoms with Crippen LogP contribution in [0.4, 0.5) is 0 Å². The average Bonchev–Trinajstić information content (AvgIpc) is 0.727. The van der Waals surface area contributed by atoms with Crippen molar-refractivity contribution in [3.63, 3.8) is 0 Å². The standard InChI is InChI=1S/2C46H30.C44H30/c1-2-15-31(16-3-1)36-21-8-9-24-39(36)46-42-27-12-10-25-40(42)45(41-26-11-13-28-43(41)46)35-20-14-19-34(30-35)44-37-22-6-4-17-32(37)29-33-18-5-7-23-38(33)44;1-2-16-31(17-3-1)34-20-8-9-23-37(34)45-40-26-12-14-28-42(40)46(43-29-15-13-27-41(43)45)39-25-11-10-24-38(39)44-35-21-6-4-18-32(35)30-33-19-5-7-22-36(33)44;1-3-13-31(14-4-1)32-23-25-33(26-24-32)34-27-29-36(30-28-34)43-39-19-9-11-21-41(39)44(42-22-12-10-20-40(42)43)38-18-8-7-17-37(38)35-15-5-2-6-16-35/h2*1-30H;1-30H. The molecule has 0 fully saturated rings. The van der Waals surface area contributed by atoms with Gasteiger partial charge in [-0.1, -0.05) is 528 Å². The summed E-state index contributed by atoms with van der Waals surface area (Å²) in [6, 6.07) is 199. The third kappa shape index (κ3) is 14.9. The summed E-state index contributed by atoms with van der Waals surface area (Å²) in [5, 5.41) is 25.3. The molecule has 0 aliphatic rings. The molecule has 0 amide bonds. The van der Waals surface area contributed by atoms with Crippen molar-refractivity contribution >= 4 is 108 Å². The lowest BCUT2D eigenvalue weighted by Gasteiger charge is -2.22. The van der Waals surface area contributed by atoms with Gasteiger partial charge in [-0.15, -0.1) is 0 Å². The average molecular weight is 1720 g/mol. The second kappa shape index (κ2) is 35.9. The first-order valence-electron chi connectivity index (χ1n) is 47.1. The molecule has 0 radical (unpaired) electrons. The van der Waals surface area contributed by atoms with Gasteiger partial charge in [-0.2, -0.15) is 0 Å². The highest BCUT2D eigenvalue weighted by Gasteiger charge is 2.26. The molecule has 0 atom stereocenters. The lowest BCUT2D eigenvalue weighted by Crippen LogP contribution is -1.94. The van der Waals surface area contributed by atoms with E-state index in [2.05, 4.69) is 546 Å². The molecule has 0 N–H and O–H groups in total. The van der Waals surface area contributed by atoms with Crippen molar-refractivity contribution in [1.82, 2.24) is 0 Å². The Labute approximate surface area is 792 Å². The minimum Gasteiger partial charge on any atom is -0.0622 e. The first-order chi connectivity index (χ1) is 67.6. The minimum absolute atomic E-state index is 1.22. The van der Waals surface area contributed by atoms with Gasteiger partial charge in [0.15, 0.2) is 0 Å². The Morgan fingerprint density at radius 1 is 0.0735 bits per heavy atom. The van der Waals surface area contributed by atoms with Gasteiger partial charge in [-0.05, 0) is 271 Å². The van der Waals surface area contributed by atoms with Crippen LogP contribution in [0.25, 0.3) is 252 Å². The molecule has 0 saturated heterocycles. The van der Waals surface area contributed by atoms with E-state index in [0.29, 0.717) is 0 Å². The smallest absolute Gasteiger partial charge is 0.00201 e. The van der Waals surface area contributed by atoms with E-state index >= 15 is 0 Å². The van der Waals surface area contributed by atoms with Gasteiger partial charge in [0.1, 0.15) is 0 Å². The molecule has 26 aromatic carbocycles. The van der Waals surface area contributed by atoms with E-state index in [4.69, 9.17) is 0 Å². The summed E-state index contributed by atoms with van der Waals surface area (Å²) in [5.74, 6) is 0. The zero-order valence-corrected chi connectivity index (χ0v) is 75.0. The van der Waals surface area contributed by atoms with Crippen molar-refractivity contribution in [2.45, 2.75) is 0 Å². The Bertz CT molecular complexity index is 8760. The number of hydrogen-bond acceptors (Lipinski definition) is 0. The van der Waals surface area contributed by atoms with Gasteiger partial charge in [0.05, 0.1) is 0 Å². The van der Waals surface area contributed by atoms with Gasteiger partial charge in [0, 0.05) is 0 Å². The lowest BCUT2D eigenvalue weighted by molar-refractivity contribution is 1.58. The monoisotopic (exact) mass is 1720 g/mol. The number of hydrogen-bond donors (Lipinski definition) is 0. The fourth-order valence-corrected chi connectivity index (χ4v) is 21.6. The van der Waals surface area contributed by atoms with Crippen LogP contribution in [0, 0.1) is 0 Å². The minimum atomic E-state index is 1.22. The maximum Gasteiger partial charge on any atom is -0.00201 e. The van der Waals surface area contributed by atoms with Crippen LogP contribution >= 0.6 is 0 Å². The molecule has 0 unspecified atom stereocenters.